The van der Waals surface area contributed by atoms with Crippen molar-refractivity contribution in [3.05, 3.63) is 16.3 Å². The summed E-state index contributed by atoms with van der Waals surface area (Å²) < 4.78 is 27.6. The Morgan fingerprint density at radius 2 is 2.38 bits per heavy atom. The minimum absolute atomic E-state index is 0.0533. The molecule has 72 valence electrons. The summed E-state index contributed by atoms with van der Waals surface area (Å²) in [6, 6.07) is 1.33. The van der Waals surface area contributed by atoms with Gasteiger partial charge in [-0.15, -0.1) is 11.3 Å². The monoisotopic (exact) mass is 208 g/mol. The van der Waals surface area contributed by atoms with Gasteiger partial charge in [-0.2, -0.15) is 8.78 Å². The van der Waals surface area contributed by atoms with Crippen LogP contribution in [0.3, 0.4) is 0 Å². The summed E-state index contributed by atoms with van der Waals surface area (Å²) in [5.41, 5.74) is 0. The topological polar surface area (TPSA) is 46.5 Å². The highest BCUT2D eigenvalue weighted by Gasteiger charge is 2.13. The summed E-state index contributed by atoms with van der Waals surface area (Å²) in [7, 11) is 0. The van der Waals surface area contributed by atoms with Crippen molar-refractivity contribution in [1.29, 1.82) is 0 Å². The molecule has 1 N–H and O–H groups in total. The maximum Gasteiger partial charge on any atom is 0.387 e. The standard InChI is InChI=1S/C7H6F2O3S/c8-7(9)12-4-1-2-13-5(4)3-6(10)11/h1-2,7H,3H2,(H,10,11). The first-order valence-electron chi connectivity index (χ1n) is 3.32. The largest absolute Gasteiger partial charge is 0.481 e. The summed E-state index contributed by atoms with van der Waals surface area (Å²) in [6.07, 6.45) is -0.292. The van der Waals surface area contributed by atoms with Crippen molar-refractivity contribution in [2.45, 2.75) is 13.0 Å². The first kappa shape index (κ1) is 9.91. The Morgan fingerprint density at radius 1 is 1.69 bits per heavy atom. The molecule has 1 rings (SSSR count). The van der Waals surface area contributed by atoms with Crippen molar-refractivity contribution in [2.75, 3.05) is 0 Å². The van der Waals surface area contributed by atoms with Gasteiger partial charge in [0.1, 0.15) is 5.75 Å². The van der Waals surface area contributed by atoms with Crippen LogP contribution in [0.2, 0.25) is 0 Å². The number of carbonyl (C=O) groups is 1. The Hall–Kier alpha value is -1.17. The number of halogens is 2. The highest BCUT2D eigenvalue weighted by atomic mass is 32.1. The van der Waals surface area contributed by atoms with Crippen LogP contribution < -0.4 is 4.74 Å². The molecule has 0 saturated heterocycles. The molecule has 0 aliphatic rings. The average Bonchev–Trinajstić information content (AvgIpc) is 2.34. The van der Waals surface area contributed by atoms with Gasteiger partial charge in [-0.05, 0) is 11.4 Å². The molecule has 6 heteroatoms. The van der Waals surface area contributed by atoms with Crippen molar-refractivity contribution in [3.63, 3.8) is 0 Å². The van der Waals surface area contributed by atoms with Gasteiger partial charge in [-0.25, -0.2) is 0 Å². The third-order valence-electron chi connectivity index (χ3n) is 1.23. The van der Waals surface area contributed by atoms with Crippen molar-refractivity contribution in [2.24, 2.45) is 0 Å². The van der Waals surface area contributed by atoms with Gasteiger partial charge in [0, 0.05) is 0 Å². The maximum absolute atomic E-state index is 11.8. The number of carboxylic acids is 1. The molecule has 0 radical (unpaired) electrons. The van der Waals surface area contributed by atoms with Gasteiger partial charge in [0.15, 0.2) is 0 Å². The predicted molar refractivity (Wildman–Crippen MR) is 42.3 cm³/mol. The number of alkyl halides is 2. The minimum atomic E-state index is -2.91. The van der Waals surface area contributed by atoms with E-state index in [4.69, 9.17) is 5.11 Å². The lowest BCUT2D eigenvalue weighted by molar-refractivity contribution is -0.136. The smallest absolute Gasteiger partial charge is 0.387 e. The molecule has 1 heterocycles. The fraction of sp³-hybridized carbons (Fsp3) is 0.286. The third-order valence-corrected chi connectivity index (χ3v) is 2.13. The third kappa shape index (κ3) is 2.98. The first-order valence-corrected chi connectivity index (χ1v) is 4.20. The summed E-state index contributed by atoms with van der Waals surface area (Å²) in [5, 5.41) is 9.92. The normalized spacial score (nSPS) is 10.4. The summed E-state index contributed by atoms with van der Waals surface area (Å²) in [5.74, 6) is -1.12. The van der Waals surface area contributed by atoms with E-state index in [0.29, 0.717) is 4.88 Å². The van der Waals surface area contributed by atoms with Crippen LogP contribution in [0.25, 0.3) is 0 Å². The molecule has 0 atom stereocenters. The summed E-state index contributed by atoms with van der Waals surface area (Å²) >= 11 is 1.08. The summed E-state index contributed by atoms with van der Waals surface area (Å²) in [6.45, 7) is -2.91. The lowest BCUT2D eigenvalue weighted by atomic mass is 10.3. The number of hydrogen-bond acceptors (Lipinski definition) is 3. The second-order valence-corrected chi connectivity index (χ2v) is 3.16. The highest BCUT2D eigenvalue weighted by Crippen LogP contribution is 2.26. The Bertz CT molecular complexity index is 298. The van der Waals surface area contributed by atoms with Gasteiger partial charge in [0.05, 0.1) is 11.3 Å². The number of thiophene rings is 1. The Kier molecular flexibility index (Phi) is 3.18. The zero-order valence-electron chi connectivity index (χ0n) is 6.37. The van der Waals surface area contributed by atoms with Crippen LogP contribution in [0.1, 0.15) is 4.88 Å². The zero-order valence-corrected chi connectivity index (χ0v) is 7.18. The molecular formula is C7H6F2O3S. The van der Waals surface area contributed by atoms with Crippen LogP contribution in [0.15, 0.2) is 11.4 Å². The molecule has 13 heavy (non-hydrogen) atoms. The van der Waals surface area contributed by atoms with Crippen LogP contribution in [0.4, 0.5) is 8.78 Å². The van der Waals surface area contributed by atoms with E-state index in [9.17, 15) is 13.6 Å². The maximum atomic E-state index is 11.8. The molecule has 0 fully saturated rings. The van der Waals surface area contributed by atoms with Crippen LogP contribution in [0, 0.1) is 0 Å². The van der Waals surface area contributed by atoms with Crippen molar-refractivity contribution in [3.8, 4) is 5.75 Å². The van der Waals surface area contributed by atoms with E-state index < -0.39 is 12.6 Å². The number of rotatable bonds is 4. The van der Waals surface area contributed by atoms with Gasteiger partial charge in [-0.1, -0.05) is 0 Å². The van der Waals surface area contributed by atoms with E-state index >= 15 is 0 Å². The van der Waals surface area contributed by atoms with Gasteiger partial charge in [-0.3, -0.25) is 4.79 Å². The highest BCUT2D eigenvalue weighted by molar-refractivity contribution is 7.10. The van der Waals surface area contributed by atoms with Crippen LogP contribution in [-0.4, -0.2) is 17.7 Å². The fourth-order valence-corrected chi connectivity index (χ4v) is 1.59. The number of carboxylic acid groups (broad SMARTS) is 1. The fourth-order valence-electron chi connectivity index (χ4n) is 0.796. The number of aliphatic carboxylic acids is 1. The lowest BCUT2D eigenvalue weighted by Gasteiger charge is -2.03. The molecule has 0 aliphatic heterocycles. The molecule has 0 unspecified atom stereocenters. The molecule has 0 amide bonds. The van der Waals surface area contributed by atoms with E-state index in [1.165, 1.54) is 11.4 Å². The van der Waals surface area contributed by atoms with E-state index in [-0.39, 0.29) is 12.2 Å². The molecule has 1 aromatic rings. The van der Waals surface area contributed by atoms with Crippen LogP contribution >= 0.6 is 11.3 Å². The molecule has 0 bridgehead atoms. The molecule has 0 aliphatic carbocycles. The van der Waals surface area contributed by atoms with E-state index in [0.717, 1.165) is 11.3 Å². The first-order chi connectivity index (χ1) is 6.09. The van der Waals surface area contributed by atoms with Crippen molar-refractivity contribution >= 4 is 17.3 Å². The molecule has 0 spiro atoms. The Labute approximate surface area is 76.6 Å². The predicted octanol–water partition coefficient (Wildman–Crippen LogP) is 1.98. The van der Waals surface area contributed by atoms with E-state index in [1.54, 1.807) is 0 Å². The summed E-state index contributed by atoms with van der Waals surface area (Å²) in [4.78, 5) is 10.6. The molecule has 0 aromatic carbocycles. The van der Waals surface area contributed by atoms with Gasteiger partial charge < -0.3 is 9.84 Å². The Balaban J connectivity index is 2.71. The number of ether oxygens (including phenoxy) is 1. The Morgan fingerprint density at radius 3 is 2.92 bits per heavy atom. The number of hydrogen-bond donors (Lipinski definition) is 1. The van der Waals surface area contributed by atoms with Crippen LogP contribution in [0.5, 0.6) is 5.75 Å². The van der Waals surface area contributed by atoms with E-state index in [2.05, 4.69) is 4.74 Å². The average molecular weight is 208 g/mol. The second-order valence-electron chi connectivity index (χ2n) is 2.16. The molecular weight excluding hydrogens is 202 g/mol. The van der Waals surface area contributed by atoms with E-state index in [1.807, 2.05) is 0 Å². The van der Waals surface area contributed by atoms with Crippen molar-refractivity contribution in [1.82, 2.24) is 0 Å². The molecule has 0 saturated carbocycles. The second kappa shape index (κ2) is 4.18. The van der Waals surface area contributed by atoms with Gasteiger partial charge in [0.25, 0.3) is 0 Å². The molecule has 1 aromatic heterocycles. The minimum Gasteiger partial charge on any atom is -0.481 e. The quantitative estimate of drug-likeness (QED) is 0.822. The lowest BCUT2D eigenvalue weighted by Crippen LogP contribution is -2.05. The zero-order chi connectivity index (χ0) is 9.84. The SMILES string of the molecule is O=C(O)Cc1sccc1OC(F)F. The van der Waals surface area contributed by atoms with Crippen molar-refractivity contribution < 1.29 is 23.4 Å². The van der Waals surface area contributed by atoms with Gasteiger partial charge in [0.2, 0.25) is 0 Å². The van der Waals surface area contributed by atoms with Crippen LogP contribution in [-0.2, 0) is 11.2 Å². The molecule has 3 nitrogen and oxygen atoms in total. The van der Waals surface area contributed by atoms with Gasteiger partial charge >= 0.3 is 12.6 Å².